The van der Waals surface area contributed by atoms with Gasteiger partial charge in [0.15, 0.2) is 6.61 Å². The predicted octanol–water partition coefficient (Wildman–Crippen LogP) is 5.10. The highest BCUT2D eigenvalue weighted by atomic mass is 35.5. The fraction of sp³-hybridized carbons (Fsp3) is 0.0909. The summed E-state index contributed by atoms with van der Waals surface area (Å²) in [6.45, 7) is 0.252. The Balaban J connectivity index is 1.47. The first-order valence-corrected chi connectivity index (χ1v) is 9.52. The third kappa shape index (κ3) is 6.82. The minimum atomic E-state index is -0.413. The molecule has 1 N–H and O–H groups in total. The van der Waals surface area contributed by atoms with Gasteiger partial charge in [0.2, 0.25) is 0 Å². The molecule has 0 heterocycles. The van der Waals surface area contributed by atoms with Gasteiger partial charge in [-0.05, 0) is 41.5 Å². The molecule has 0 atom stereocenters. The van der Waals surface area contributed by atoms with E-state index >= 15 is 0 Å². The molecule has 0 spiro atoms. The molecule has 3 aromatic rings. The number of nitrogens with zero attached hydrogens (tertiary/aromatic N) is 1. The van der Waals surface area contributed by atoms with Crippen molar-refractivity contribution in [2.75, 3.05) is 6.61 Å². The van der Waals surface area contributed by atoms with Crippen molar-refractivity contribution in [3.8, 4) is 11.5 Å². The van der Waals surface area contributed by atoms with Crippen molar-refractivity contribution in [1.82, 2.24) is 5.43 Å². The molecule has 29 heavy (non-hydrogen) atoms. The Kier molecular flexibility index (Phi) is 7.50. The molecular formula is C22H18Cl2N2O3. The van der Waals surface area contributed by atoms with Crippen LogP contribution in [-0.4, -0.2) is 18.7 Å². The number of benzene rings is 3. The number of hydrogen-bond donors (Lipinski definition) is 1. The molecule has 0 aromatic heterocycles. The Morgan fingerprint density at radius 2 is 1.79 bits per heavy atom. The zero-order valence-corrected chi connectivity index (χ0v) is 16.9. The molecule has 0 saturated heterocycles. The van der Waals surface area contributed by atoms with E-state index in [2.05, 4.69) is 10.5 Å². The number of halogens is 2. The molecular weight excluding hydrogens is 411 g/mol. The van der Waals surface area contributed by atoms with E-state index < -0.39 is 5.91 Å². The number of hydrazone groups is 1. The van der Waals surface area contributed by atoms with Crippen molar-refractivity contribution >= 4 is 35.3 Å². The lowest BCUT2D eigenvalue weighted by Gasteiger charge is -2.07. The van der Waals surface area contributed by atoms with Gasteiger partial charge < -0.3 is 9.47 Å². The highest BCUT2D eigenvalue weighted by Gasteiger charge is 2.06. The summed E-state index contributed by atoms with van der Waals surface area (Å²) in [5, 5.41) is 4.76. The predicted molar refractivity (Wildman–Crippen MR) is 115 cm³/mol. The second kappa shape index (κ2) is 10.5. The van der Waals surface area contributed by atoms with Crippen LogP contribution in [0.2, 0.25) is 10.0 Å². The van der Waals surface area contributed by atoms with Crippen LogP contribution in [0.15, 0.2) is 77.9 Å². The van der Waals surface area contributed by atoms with Gasteiger partial charge in [0, 0.05) is 5.02 Å². The first kappa shape index (κ1) is 20.7. The normalized spacial score (nSPS) is 10.7. The molecule has 0 unspecified atom stereocenters. The number of hydrogen-bond acceptors (Lipinski definition) is 4. The van der Waals surface area contributed by atoms with Crippen molar-refractivity contribution in [2.24, 2.45) is 5.10 Å². The van der Waals surface area contributed by atoms with Crippen LogP contribution in [0.4, 0.5) is 0 Å². The van der Waals surface area contributed by atoms with Crippen LogP contribution < -0.4 is 14.9 Å². The molecule has 7 heteroatoms. The maximum absolute atomic E-state index is 11.9. The summed E-state index contributed by atoms with van der Waals surface area (Å²) in [4.78, 5) is 11.9. The summed E-state index contributed by atoms with van der Waals surface area (Å²) >= 11 is 11.8. The highest BCUT2D eigenvalue weighted by molar-refractivity contribution is 6.35. The van der Waals surface area contributed by atoms with Gasteiger partial charge in [0.1, 0.15) is 18.1 Å². The van der Waals surface area contributed by atoms with Crippen LogP contribution in [-0.2, 0) is 11.4 Å². The van der Waals surface area contributed by atoms with E-state index in [1.54, 1.807) is 18.2 Å². The minimum absolute atomic E-state index is 0.223. The number of nitrogens with one attached hydrogen (secondary N) is 1. The number of carbonyl (C=O) groups is 1. The molecule has 0 fully saturated rings. The summed E-state index contributed by atoms with van der Waals surface area (Å²) in [6, 6.07) is 22.1. The second-order valence-electron chi connectivity index (χ2n) is 6.00. The number of amides is 1. The van der Waals surface area contributed by atoms with Gasteiger partial charge in [0.25, 0.3) is 5.91 Å². The van der Waals surface area contributed by atoms with E-state index in [9.17, 15) is 4.79 Å². The summed E-state index contributed by atoms with van der Waals surface area (Å²) in [5.74, 6) is 0.673. The van der Waals surface area contributed by atoms with E-state index in [4.69, 9.17) is 32.7 Å². The molecule has 0 saturated carbocycles. The average molecular weight is 429 g/mol. The zero-order chi connectivity index (χ0) is 20.5. The van der Waals surface area contributed by atoms with E-state index in [1.807, 2.05) is 54.6 Å². The number of ether oxygens (including phenoxy) is 2. The average Bonchev–Trinajstić information content (AvgIpc) is 2.73. The first-order chi connectivity index (χ1) is 14.1. The van der Waals surface area contributed by atoms with Crippen LogP contribution in [0.25, 0.3) is 0 Å². The van der Waals surface area contributed by atoms with Crippen LogP contribution in [0.3, 0.4) is 0 Å². The molecule has 3 rings (SSSR count). The maximum atomic E-state index is 11.9. The fourth-order valence-corrected chi connectivity index (χ4v) is 2.84. The molecule has 3 aromatic carbocycles. The molecule has 0 radical (unpaired) electrons. The SMILES string of the molecule is O=C(COc1ccc(Cl)cc1Cl)N/N=C\c1cccc(OCc2ccccc2)c1. The van der Waals surface area contributed by atoms with Gasteiger partial charge in [-0.1, -0.05) is 65.7 Å². The van der Waals surface area contributed by atoms with Crippen LogP contribution >= 0.6 is 23.2 Å². The Hall–Kier alpha value is -3.02. The van der Waals surface area contributed by atoms with Gasteiger partial charge >= 0.3 is 0 Å². The lowest BCUT2D eigenvalue weighted by atomic mass is 10.2. The van der Waals surface area contributed by atoms with Gasteiger partial charge in [-0.15, -0.1) is 0 Å². The van der Waals surface area contributed by atoms with E-state index in [-0.39, 0.29) is 6.61 Å². The Labute approximate surface area is 178 Å². The Morgan fingerprint density at radius 3 is 2.59 bits per heavy atom. The Bertz CT molecular complexity index is 994. The lowest BCUT2D eigenvalue weighted by Crippen LogP contribution is -2.24. The second-order valence-corrected chi connectivity index (χ2v) is 6.85. The molecule has 0 aliphatic rings. The molecule has 0 bridgehead atoms. The van der Waals surface area contributed by atoms with Crippen molar-refractivity contribution in [1.29, 1.82) is 0 Å². The third-order valence-corrected chi connectivity index (χ3v) is 4.29. The third-order valence-electron chi connectivity index (χ3n) is 3.76. The van der Waals surface area contributed by atoms with Crippen LogP contribution in [0.1, 0.15) is 11.1 Å². The van der Waals surface area contributed by atoms with E-state index in [0.29, 0.717) is 28.2 Å². The van der Waals surface area contributed by atoms with Crippen molar-refractivity contribution in [3.63, 3.8) is 0 Å². The standard InChI is InChI=1S/C22H18Cl2N2O3/c23-18-9-10-21(20(24)12-18)29-15-22(27)26-25-13-17-7-4-8-19(11-17)28-14-16-5-2-1-3-6-16/h1-13H,14-15H2,(H,26,27)/b25-13-. The summed E-state index contributed by atoms with van der Waals surface area (Å²) in [7, 11) is 0. The molecule has 148 valence electrons. The van der Waals surface area contributed by atoms with Crippen molar-refractivity contribution in [3.05, 3.63) is 94.0 Å². The van der Waals surface area contributed by atoms with Gasteiger partial charge in [-0.3, -0.25) is 4.79 Å². The molecule has 0 aliphatic carbocycles. The van der Waals surface area contributed by atoms with Gasteiger partial charge in [-0.2, -0.15) is 5.10 Å². The van der Waals surface area contributed by atoms with Gasteiger partial charge in [0.05, 0.1) is 11.2 Å². The quantitative estimate of drug-likeness (QED) is 0.400. The monoisotopic (exact) mass is 428 g/mol. The molecule has 0 aliphatic heterocycles. The van der Waals surface area contributed by atoms with Crippen molar-refractivity contribution in [2.45, 2.75) is 6.61 Å². The van der Waals surface area contributed by atoms with E-state index in [1.165, 1.54) is 6.21 Å². The number of carbonyl (C=O) groups excluding carboxylic acids is 1. The Morgan fingerprint density at radius 1 is 0.966 bits per heavy atom. The number of rotatable bonds is 8. The summed E-state index contributed by atoms with van der Waals surface area (Å²) in [6.07, 6.45) is 1.53. The fourth-order valence-electron chi connectivity index (χ4n) is 2.37. The summed E-state index contributed by atoms with van der Waals surface area (Å²) in [5.41, 5.74) is 4.28. The molecule has 5 nitrogen and oxygen atoms in total. The van der Waals surface area contributed by atoms with Crippen LogP contribution in [0.5, 0.6) is 11.5 Å². The zero-order valence-electron chi connectivity index (χ0n) is 15.3. The van der Waals surface area contributed by atoms with E-state index in [0.717, 1.165) is 11.1 Å². The van der Waals surface area contributed by atoms with Crippen molar-refractivity contribution < 1.29 is 14.3 Å². The first-order valence-electron chi connectivity index (χ1n) is 8.77. The topological polar surface area (TPSA) is 59.9 Å². The molecule has 1 amide bonds. The minimum Gasteiger partial charge on any atom is -0.489 e. The lowest BCUT2D eigenvalue weighted by molar-refractivity contribution is -0.123. The maximum Gasteiger partial charge on any atom is 0.277 e. The highest BCUT2D eigenvalue weighted by Crippen LogP contribution is 2.27. The largest absolute Gasteiger partial charge is 0.489 e. The summed E-state index contributed by atoms with van der Waals surface area (Å²) < 4.78 is 11.1. The van der Waals surface area contributed by atoms with Crippen LogP contribution in [0, 0.1) is 0 Å². The van der Waals surface area contributed by atoms with Gasteiger partial charge in [-0.25, -0.2) is 5.43 Å². The smallest absolute Gasteiger partial charge is 0.277 e.